The van der Waals surface area contributed by atoms with Gasteiger partial charge in [0.1, 0.15) is 6.61 Å². The molecule has 2 aromatic rings. The van der Waals surface area contributed by atoms with Gasteiger partial charge < -0.3 is 10.1 Å². The van der Waals surface area contributed by atoms with Gasteiger partial charge in [-0.05, 0) is 41.1 Å². The van der Waals surface area contributed by atoms with E-state index in [9.17, 15) is 9.59 Å². The topological polar surface area (TPSA) is 67.8 Å². The van der Waals surface area contributed by atoms with Crippen molar-refractivity contribution in [2.45, 2.75) is 13.5 Å². The Morgan fingerprint density at radius 2 is 1.89 bits per heavy atom. The lowest BCUT2D eigenvalue weighted by molar-refractivity contribution is -0.117. The molecule has 1 aliphatic rings. The van der Waals surface area contributed by atoms with E-state index in [0.717, 1.165) is 17.3 Å². The quantitative estimate of drug-likeness (QED) is 0.729. The molecule has 0 saturated carbocycles. The van der Waals surface area contributed by atoms with Gasteiger partial charge in [0.25, 0.3) is 5.91 Å². The average molecular weight is 421 g/mol. The summed E-state index contributed by atoms with van der Waals surface area (Å²) >= 11 is 13.7. The van der Waals surface area contributed by atoms with Gasteiger partial charge in [-0.2, -0.15) is 4.99 Å². The van der Waals surface area contributed by atoms with Crippen molar-refractivity contribution < 1.29 is 14.3 Å². The molecule has 8 heteroatoms. The molecule has 0 spiro atoms. The number of thioether (sulfide) groups is 1. The second-order valence-electron chi connectivity index (χ2n) is 5.60. The third-order valence-electron chi connectivity index (χ3n) is 3.45. The summed E-state index contributed by atoms with van der Waals surface area (Å²) in [6, 6.07) is 13.0. The van der Waals surface area contributed by atoms with E-state index in [1.165, 1.54) is 6.92 Å². The fraction of sp³-hybridized carbons (Fsp3) is 0.105. The Hall–Kier alpha value is -2.28. The molecule has 0 fully saturated rings. The van der Waals surface area contributed by atoms with Crippen molar-refractivity contribution in [2.24, 2.45) is 4.99 Å². The number of hydrogen-bond acceptors (Lipinski definition) is 4. The fourth-order valence-electron chi connectivity index (χ4n) is 2.30. The highest BCUT2D eigenvalue weighted by Crippen LogP contribution is 2.36. The van der Waals surface area contributed by atoms with Crippen LogP contribution < -0.4 is 10.1 Å². The Labute approximate surface area is 170 Å². The van der Waals surface area contributed by atoms with Crippen LogP contribution in [0.3, 0.4) is 0 Å². The van der Waals surface area contributed by atoms with E-state index in [2.05, 4.69) is 10.3 Å². The number of carbonyl (C=O) groups excluding carboxylic acids is 2. The number of halogens is 2. The summed E-state index contributed by atoms with van der Waals surface area (Å²) in [6.45, 7) is 1.69. The number of hydrogen-bond donors (Lipinski definition) is 1. The molecule has 2 aromatic carbocycles. The molecule has 0 aliphatic carbocycles. The molecule has 1 aliphatic heterocycles. The highest BCUT2D eigenvalue weighted by Gasteiger charge is 2.22. The van der Waals surface area contributed by atoms with Crippen molar-refractivity contribution in [1.29, 1.82) is 0 Å². The number of benzene rings is 2. The predicted molar refractivity (Wildman–Crippen MR) is 109 cm³/mol. The third kappa shape index (κ3) is 5.13. The van der Waals surface area contributed by atoms with Crippen molar-refractivity contribution >= 4 is 58.0 Å². The fourth-order valence-corrected chi connectivity index (χ4v) is 3.77. The summed E-state index contributed by atoms with van der Waals surface area (Å²) in [7, 11) is 0. The SMILES string of the molecule is CC(=O)NC1=NC(=O)C(=Cc2cc(Cl)c(OCc3ccccc3)c(Cl)c2)S1. The first-order valence-electron chi connectivity index (χ1n) is 7.88. The van der Waals surface area contributed by atoms with Crippen molar-refractivity contribution in [3.05, 3.63) is 68.5 Å². The minimum absolute atomic E-state index is 0.249. The van der Waals surface area contributed by atoms with Gasteiger partial charge in [0.15, 0.2) is 10.9 Å². The summed E-state index contributed by atoms with van der Waals surface area (Å²) in [6.07, 6.45) is 1.62. The first-order chi connectivity index (χ1) is 12.9. The Morgan fingerprint density at radius 3 is 2.52 bits per heavy atom. The largest absolute Gasteiger partial charge is 0.486 e. The van der Waals surface area contributed by atoms with E-state index in [4.69, 9.17) is 27.9 Å². The molecule has 0 unspecified atom stereocenters. The monoisotopic (exact) mass is 420 g/mol. The molecular weight excluding hydrogens is 407 g/mol. The number of carbonyl (C=O) groups is 2. The molecule has 0 atom stereocenters. The second-order valence-corrected chi connectivity index (χ2v) is 7.45. The Kier molecular flexibility index (Phi) is 6.21. The number of aliphatic imine (C=N–C) groups is 1. The lowest BCUT2D eigenvalue weighted by Crippen LogP contribution is -2.23. The average Bonchev–Trinajstić information content (AvgIpc) is 2.93. The van der Waals surface area contributed by atoms with Gasteiger partial charge in [-0.15, -0.1) is 0 Å². The number of ether oxygens (including phenoxy) is 1. The molecule has 0 aromatic heterocycles. The van der Waals surface area contributed by atoms with E-state index in [0.29, 0.717) is 32.9 Å². The minimum atomic E-state index is -0.430. The summed E-state index contributed by atoms with van der Waals surface area (Å²) in [4.78, 5) is 27.2. The molecule has 0 saturated heterocycles. The van der Waals surface area contributed by atoms with Gasteiger partial charge in [0.05, 0.1) is 15.0 Å². The van der Waals surface area contributed by atoms with Crippen LogP contribution in [0.1, 0.15) is 18.1 Å². The summed E-state index contributed by atoms with van der Waals surface area (Å²) in [5, 5.41) is 3.41. The maximum atomic E-state index is 11.9. The predicted octanol–water partition coefficient (Wildman–Crippen LogP) is 4.68. The number of nitrogens with one attached hydrogen (secondary N) is 1. The lowest BCUT2D eigenvalue weighted by Gasteiger charge is -2.11. The van der Waals surface area contributed by atoms with E-state index < -0.39 is 5.91 Å². The molecule has 5 nitrogen and oxygen atoms in total. The van der Waals surface area contributed by atoms with Crippen molar-refractivity contribution in [3.8, 4) is 5.75 Å². The zero-order valence-electron chi connectivity index (χ0n) is 14.2. The van der Waals surface area contributed by atoms with Crippen molar-refractivity contribution in [2.75, 3.05) is 0 Å². The Bertz CT molecular complexity index is 936. The maximum Gasteiger partial charge on any atom is 0.286 e. The van der Waals surface area contributed by atoms with Crippen LogP contribution in [0.5, 0.6) is 5.75 Å². The number of rotatable bonds is 4. The molecule has 27 heavy (non-hydrogen) atoms. The highest BCUT2D eigenvalue weighted by molar-refractivity contribution is 8.18. The van der Waals surface area contributed by atoms with Gasteiger partial charge in [0, 0.05) is 6.92 Å². The first kappa shape index (κ1) is 19.5. The van der Waals surface area contributed by atoms with Crippen LogP contribution in [0.4, 0.5) is 0 Å². The van der Waals surface area contributed by atoms with Gasteiger partial charge >= 0.3 is 0 Å². The van der Waals surface area contributed by atoms with Gasteiger partial charge in [-0.3, -0.25) is 9.59 Å². The van der Waals surface area contributed by atoms with Crippen LogP contribution >= 0.6 is 35.0 Å². The van der Waals surface area contributed by atoms with E-state index in [1.54, 1.807) is 18.2 Å². The van der Waals surface area contributed by atoms with Crippen LogP contribution in [0.2, 0.25) is 10.0 Å². The molecule has 138 valence electrons. The van der Waals surface area contributed by atoms with Crippen molar-refractivity contribution in [3.63, 3.8) is 0 Å². The number of amidine groups is 1. The van der Waals surface area contributed by atoms with Gasteiger partial charge in [-0.25, -0.2) is 0 Å². The molecule has 3 rings (SSSR count). The normalized spacial score (nSPS) is 15.0. The molecule has 0 radical (unpaired) electrons. The molecule has 1 N–H and O–H groups in total. The first-order valence-corrected chi connectivity index (χ1v) is 9.45. The third-order valence-corrected chi connectivity index (χ3v) is 4.91. The van der Waals surface area contributed by atoms with Crippen molar-refractivity contribution in [1.82, 2.24) is 5.32 Å². The van der Waals surface area contributed by atoms with Gasteiger partial charge in [0.2, 0.25) is 5.91 Å². The summed E-state index contributed by atoms with van der Waals surface area (Å²) < 4.78 is 5.73. The van der Waals surface area contributed by atoms with Crippen LogP contribution in [-0.2, 0) is 16.2 Å². The van der Waals surface area contributed by atoms with E-state index >= 15 is 0 Å². The van der Waals surface area contributed by atoms with Crippen LogP contribution in [-0.4, -0.2) is 17.0 Å². The summed E-state index contributed by atoms with van der Waals surface area (Å²) in [5.74, 6) is -0.341. The maximum absolute atomic E-state index is 11.9. The van der Waals surface area contributed by atoms with Crippen LogP contribution in [0.25, 0.3) is 6.08 Å². The van der Waals surface area contributed by atoms with Gasteiger partial charge in [-0.1, -0.05) is 53.5 Å². The molecular formula is C19H14Cl2N2O3S. The zero-order valence-corrected chi connectivity index (χ0v) is 16.5. The Balaban J connectivity index is 1.75. The summed E-state index contributed by atoms with van der Waals surface area (Å²) in [5.41, 5.74) is 1.62. The van der Waals surface area contributed by atoms with Crippen LogP contribution in [0.15, 0.2) is 52.4 Å². The smallest absolute Gasteiger partial charge is 0.286 e. The molecule has 1 heterocycles. The standard InChI is InChI=1S/C19H14Cl2N2O3S/c1-11(24)22-19-23-18(25)16(27-19)9-13-7-14(20)17(15(21)8-13)26-10-12-5-3-2-4-6-12/h2-9H,10H2,1H3,(H,22,23,24,25). The van der Waals surface area contributed by atoms with E-state index in [-0.39, 0.29) is 11.1 Å². The Morgan fingerprint density at radius 1 is 1.22 bits per heavy atom. The van der Waals surface area contributed by atoms with Crippen LogP contribution in [0, 0.1) is 0 Å². The molecule has 0 bridgehead atoms. The van der Waals surface area contributed by atoms with E-state index in [1.807, 2.05) is 30.3 Å². The minimum Gasteiger partial charge on any atom is -0.486 e. The lowest BCUT2D eigenvalue weighted by atomic mass is 10.2. The number of amides is 2. The highest BCUT2D eigenvalue weighted by atomic mass is 35.5. The molecule has 2 amide bonds. The number of nitrogens with zero attached hydrogens (tertiary/aromatic N) is 1. The zero-order chi connectivity index (χ0) is 19.4. The second kappa shape index (κ2) is 8.61.